The van der Waals surface area contributed by atoms with Gasteiger partial charge in [0.05, 0.1) is 36.2 Å². The molecule has 1 aliphatic rings. The third kappa shape index (κ3) is 2.76. The second kappa shape index (κ2) is 6.03. The number of esters is 1. The first kappa shape index (κ1) is 14.4. The minimum Gasteiger partial charge on any atom is -0.465 e. The third-order valence-electron chi connectivity index (χ3n) is 3.83. The number of ether oxygens (including phenoxy) is 2. The van der Waals surface area contributed by atoms with Crippen LogP contribution in [-0.2, 0) is 21.9 Å². The van der Waals surface area contributed by atoms with E-state index in [2.05, 4.69) is 9.55 Å². The van der Waals surface area contributed by atoms with Crippen molar-refractivity contribution in [3.63, 3.8) is 0 Å². The maximum Gasteiger partial charge on any atom is 0.337 e. The highest BCUT2D eigenvalue weighted by molar-refractivity contribution is 6.16. The molecule has 1 aliphatic heterocycles. The molecule has 0 aliphatic carbocycles. The smallest absolute Gasteiger partial charge is 0.337 e. The molecule has 5 nitrogen and oxygen atoms in total. The molecule has 1 atom stereocenters. The monoisotopic (exact) mass is 308 g/mol. The summed E-state index contributed by atoms with van der Waals surface area (Å²) in [4.78, 5) is 16.2. The largest absolute Gasteiger partial charge is 0.465 e. The second-order valence-electron chi connectivity index (χ2n) is 5.20. The Morgan fingerprint density at radius 3 is 3.10 bits per heavy atom. The Morgan fingerprint density at radius 2 is 2.43 bits per heavy atom. The quantitative estimate of drug-likeness (QED) is 0.643. The number of rotatable bonds is 4. The Labute approximate surface area is 127 Å². The summed E-state index contributed by atoms with van der Waals surface area (Å²) < 4.78 is 12.3. The Kier molecular flexibility index (Phi) is 4.12. The van der Waals surface area contributed by atoms with E-state index in [0.29, 0.717) is 17.4 Å². The predicted octanol–water partition coefficient (Wildman–Crippen LogP) is 2.60. The van der Waals surface area contributed by atoms with Gasteiger partial charge in [-0.2, -0.15) is 0 Å². The van der Waals surface area contributed by atoms with Gasteiger partial charge in [0.15, 0.2) is 0 Å². The number of methoxy groups -OCH3 is 1. The number of carbonyl (C=O) groups excluding carboxylic acids is 1. The van der Waals surface area contributed by atoms with Crippen LogP contribution in [0, 0.1) is 5.92 Å². The van der Waals surface area contributed by atoms with Gasteiger partial charge in [0.1, 0.15) is 5.82 Å². The van der Waals surface area contributed by atoms with Gasteiger partial charge in [-0.25, -0.2) is 9.78 Å². The number of hydrogen-bond donors (Lipinski definition) is 0. The molecule has 0 amide bonds. The van der Waals surface area contributed by atoms with Gasteiger partial charge in [-0.3, -0.25) is 0 Å². The van der Waals surface area contributed by atoms with Crippen LogP contribution in [0.3, 0.4) is 0 Å². The molecule has 0 N–H and O–H groups in total. The lowest BCUT2D eigenvalue weighted by Gasteiger charge is -2.12. The summed E-state index contributed by atoms with van der Waals surface area (Å²) in [7, 11) is 1.38. The maximum atomic E-state index is 11.7. The van der Waals surface area contributed by atoms with Crippen molar-refractivity contribution < 1.29 is 14.3 Å². The normalized spacial score (nSPS) is 18.3. The van der Waals surface area contributed by atoms with Crippen LogP contribution in [0.4, 0.5) is 0 Å². The van der Waals surface area contributed by atoms with Crippen molar-refractivity contribution in [2.75, 3.05) is 20.3 Å². The number of benzene rings is 1. The van der Waals surface area contributed by atoms with Gasteiger partial charge < -0.3 is 14.0 Å². The fraction of sp³-hybridized carbons (Fsp3) is 0.467. The third-order valence-corrected chi connectivity index (χ3v) is 4.07. The van der Waals surface area contributed by atoms with Crippen molar-refractivity contribution in [3.05, 3.63) is 29.6 Å². The van der Waals surface area contributed by atoms with Crippen LogP contribution in [0.25, 0.3) is 11.0 Å². The van der Waals surface area contributed by atoms with Crippen LogP contribution in [-0.4, -0.2) is 35.8 Å². The molecule has 0 radical (unpaired) electrons. The Bertz CT molecular complexity index is 662. The summed E-state index contributed by atoms with van der Waals surface area (Å²) in [5.74, 6) is 1.28. The predicted molar refractivity (Wildman–Crippen MR) is 79.6 cm³/mol. The Hall–Kier alpha value is -1.59. The van der Waals surface area contributed by atoms with Crippen molar-refractivity contribution >= 4 is 28.6 Å². The number of aromatic nitrogens is 2. The molecule has 1 saturated heterocycles. The molecule has 0 bridgehead atoms. The highest BCUT2D eigenvalue weighted by Crippen LogP contribution is 2.23. The molecule has 0 saturated carbocycles. The topological polar surface area (TPSA) is 53.3 Å². The number of carbonyl (C=O) groups is 1. The first-order valence-corrected chi connectivity index (χ1v) is 7.47. The van der Waals surface area contributed by atoms with E-state index in [-0.39, 0.29) is 5.97 Å². The molecule has 2 heterocycles. The summed E-state index contributed by atoms with van der Waals surface area (Å²) >= 11 is 6.01. The molecule has 0 spiro atoms. The van der Waals surface area contributed by atoms with Gasteiger partial charge in [0.25, 0.3) is 0 Å². The van der Waals surface area contributed by atoms with Gasteiger partial charge in [0, 0.05) is 19.1 Å². The maximum absolute atomic E-state index is 11.7. The van der Waals surface area contributed by atoms with Crippen LogP contribution in [0.1, 0.15) is 22.6 Å². The van der Waals surface area contributed by atoms with Crippen molar-refractivity contribution in [2.45, 2.75) is 18.8 Å². The van der Waals surface area contributed by atoms with E-state index in [9.17, 15) is 4.79 Å². The summed E-state index contributed by atoms with van der Waals surface area (Å²) in [5, 5.41) is 0. The standard InChI is InChI=1S/C15H17ClN2O3/c1-20-15(19)11-2-3-12-13(6-11)18(14(7-16)17-12)8-10-4-5-21-9-10/h2-3,6,10H,4-5,7-9H2,1H3. The van der Waals surface area contributed by atoms with Crippen molar-refractivity contribution in [1.29, 1.82) is 0 Å². The number of hydrogen-bond acceptors (Lipinski definition) is 4. The zero-order chi connectivity index (χ0) is 14.8. The van der Waals surface area contributed by atoms with E-state index in [1.165, 1.54) is 7.11 Å². The molecular formula is C15H17ClN2O3. The molecule has 1 fully saturated rings. The van der Waals surface area contributed by atoms with Gasteiger partial charge in [-0.05, 0) is 24.6 Å². The van der Waals surface area contributed by atoms with Crippen molar-refractivity contribution in [2.24, 2.45) is 5.92 Å². The molecule has 21 heavy (non-hydrogen) atoms. The molecule has 2 aromatic rings. The minimum atomic E-state index is -0.346. The van der Waals surface area contributed by atoms with Crippen LogP contribution in [0.5, 0.6) is 0 Å². The van der Waals surface area contributed by atoms with Crippen LogP contribution >= 0.6 is 11.6 Å². The van der Waals surface area contributed by atoms with Crippen LogP contribution in [0.15, 0.2) is 18.2 Å². The molecule has 6 heteroatoms. The molecule has 1 unspecified atom stereocenters. The molecule has 1 aromatic carbocycles. The summed E-state index contributed by atoms with van der Waals surface area (Å²) in [6.07, 6.45) is 1.04. The minimum absolute atomic E-state index is 0.343. The number of imidazole rings is 1. The molecule has 1 aromatic heterocycles. The molecule has 3 rings (SSSR count). The Balaban J connectivity index is 2.03. The SMILES string of the molecule is COC(=O)c1ccc2nc(CCl)n(CC3CCOC3)c2c1. The van der Waals surface area contributed by atoms with Crippen molar-refractivity contribution in [1.82, 2.24) is 9.55 Å². The lowest BCUT2D eigenvalue weighted by Crippen LogP contribution is -2.13. The van der Waals surface area contributed by atoms with Crippen LogP contribution < -0.4 is 0 Å². The fourth-order valence-electron chi connectivity index (χ4n) is 2.71. The fourth-order valence-corrected chi connectivity index (χ4v) is 2.91. The first-order valence-electron chi connectivity index (χ1n) is 6.94. The van der Waals surface area contributed by atoms with Gasteiger partial charge >= 0.3 is 5.97 Å². The number of halogens is 1. The Morgan fingerprint density at radius 1 is 1.57 bits per heavy atom. The summed E-state index contributed by atoms with van der Waals surface area (Å²) in [6, 6.07) is 5.38. The highest BCUT2D eigenvalue weighted by atomic mass is 35.5. The van der Waals surface area contributed by atoms with Gasteiger partial charge in [-0.1, -0.05) is 0 Å². The number of nitrogens with zero attached hydrogens (tertiary/aromatic N) is 2. The van der Waals surface area contributed by atoms with E-state index >= 15 is 0 Å². The van der Waals surface area contributed by atoms with Crippen molar-refractivity contribution in [3.8, 4) is 0 Å². The highest BCUT2D eigenvalue weighted by Gasteiger charge is 2.20. The summed E-state index contributed by atoms with van der Waals surface area (Å²) in [6.45, 7) is 2.38. The van der Waals surface area contributed by atoms with Crippen LogP contribution in [0.2, 0.25) is 0 Å². The average Bonchev–Trinajstić information content (AvgIpc) is 3.14. The van der Waals surface area contributed by atoms with Gasteiger partial charge in [-0.15, -0.1) is 11.6 Å². The first-order chi connectivity index (χ1) is 10.2. The lowest BCUT2D eigenvalue weighted by molar-refractivity contribution is 0.0601. The van der Waals surface area contributed by atoms with E-state index in [1.807, 2.05) is 12.1 Å². The average molecular weight is 309 g/mol. The van der Waals surface area contributed by atoms with E-state index in [1.54, 1.807) is 6.07 Å². The zero-order valence-electron chi connectivity index (χ0n) is 11.8. The summed E-state index contributed by atoms with van der Waals surface area (Å²) in [5.41, 5.74) is 2.28. The number of fused-ring (bicyclic) bond motifs is 1. The van der Waals surface area contributed by atoms with E-state index in [0.717, 1.165) is 43.0 Å². The lowest BCUT2D eigenvalue weighted by atomic mass is 10.1. The molecule has 112 valence electrons. The zero-order valence-corrected chi connectivity index (χ0v) is 12.6. The molecular weight excluding hydrogens is 292 g/mol. The number of alkyl halides is 1. The second-order valence-corrected chi connectivity index (χ2v) is 5.46. The van der Waals surface area contributed by atoms with E-state index in [4.69, 9.17) is 21.1 Å². The van der Waals surface area contributed by atoms with Gasteiger partial charge in [0.2, 0.25) is 0 Å². The van der Waals surface area contributed by atoms with E-state index < -0.39 is 0 Å².